The van der Waals surface area contributed by atoms with E-state index in [2.05, 4.69) is 4.90 Å². The van der Waals surface area contributed by atoms with Gasteiger partial charge in [-0.2, -0.15) is 0 Å². The molecule has 2 atom stereocenters. The van der Waals surface area contributed by atoms with Gasteiger partial charge in [0, 0.05) is 12.6 Å². The van der Waals surface area contributed by atoms with Crippen LogP contribution in [0, 0.1) is 5.92 Å². The van der Waals surface area contributed by atoms with Crippen LogP contribution in [0.2, 0.25) is 0 Å². The normalized spacial score (nSPS) is 22.7. The van der Waals surface area contributed by atoms with Crippen molar-refractivity contribution >= 4 is 5.97 Å². The Bertz CT molecular complexity index is 447. The number of nitrogens with zero attached hydrogens (tertiary/aromatic N) is 1. The molecule has 0 aliphatic heterocycles. The van der Waals surface area contributed by atoms with Crippen molar-refractivity contribution in [1.29, 1.82) is 0 Å². The molecule has 4 heteroatoms. The van der Waals surface area contributed by atoms with Crippen LogP contribution in [-0.4, -0.2) is 36.2 Å². The number of ether oxygens (including phenoxy) is 1. The highest BCUT2D eigenvalue weighted by atomic mass is 16.5. The Morgan fingerprint density at radius 1 is 1.47 bits per heavy atom. The van der Waals surface area contributed by atoms with Gasteiger partial charge in [0.05, 0.1) is 13.0 Å². The third-order valence-electron chi connectivity index (χ3n) is 3.93. The zero-order chi connectivity index (χ0) is 13.8. The minimum atomic E-state index is -0.667. The highest BCUT2D eigenvalue weighted by Crippen LogP contribution is 2.30. The molecule has 1 aliphatic carbocycles. The van der Waals surface area contributed by atoms with E-state index >= 15 is 0 Å². The minimum absolute atomic E-state index is 0.142. The Labute approximate surface area is 114 Å². The molecule has 1 aliphatic rings. The monoisotopic (exact) mass is 263 g/mol. The van der Waals surface area contributed by atoms with Crippen molar-refractivity contribution in [2.24, 2.45) is 5.92 Å². The molecule has 104 valence electrons. The second-order valence-corrected chi connectivity index (χ2v) is 5.21. The van der Waals surface area contributed by atoms with Crippen LogP contribution in [0.15, 0.2) is 24.3 Å². The maximum absolute atomic E-state index is 11.2. The summed E-state index contributed by atoms with van der Waals surface area (Å²) in [5, 5.41) is 9.23. The Kier molecular flexibility index (Phi) is 4.43. The van der Waals surface area contributed by atoms with Crippen molar-refractivity contribution in [2.75, 3.05) is 14.2 Å². The molecule has 0 radical (unpaired) electrons. The summed E-state index contributed by atoms with van der Waals surface area (Å²) in [7, 11) is 3.66. The number of carboxylic acids is 1. The van der Waals surface area contributed by atoms with Gasteiger partial charge in [0.1, 0.15) is 5.75 Å². The topological polar surface area (TPSA) is 49.8 Å². The van der Waals surface area contributed by atoms with E-state index < -0.39 is 5.97 Å². The summed E-state index contributed by atoms with van der Waals surface area (Å²) in [5.74, 6) is -0.0530. The fourth-order valence-electron chi connectivity index (χ4n) is 2.93. The largest absolute Gasteiger partial charge is 0.497 e. The van der Waals surface area contributed by atoms with Crippen molar-refractivity contribution in [1.82, 2.24) is 4.90 Å². The first-order chi connectivity index (χ1) is 9.11. The third kappa shape index (κ3) is 3.26. The van der Waals surface area contributed by atoms with Gasteiger partial charge in [-0.15, -0.1) is 0 Å². The van der Waals surface area contributed by atoms with Crippen molar-refractivity contribution < 1.29 is 14.6 Å². The van der Waals surface area contributed by atoms with Crippen LogP contribution < -0.4 is 4.74 Å². The third-order valence-corrected chi connectivity index (χ3v) is 3.93. The molecule has 0 saturated heterocycles. The highest BCUT2D eigenvalue weighted by molar-refractivity contribution is 5.71. The van der Waals surface area contributed by atoms with Crippen LogP contribution in [0.25, 0.3) is 0 Å². The van der Waals surface area contributed by atoms with E-state index in [9.17, 15) is 9.90 Å². The molecular formula is C15H21NO3. The lowest BCUT2D eigenvalue weighted by molar-refractivity contribution is -0.143. The first-order valence-corrected chi connectivity index (χ1v) is 6.68. The standard InChI is InChI=1S/C15H21NO3/c1-16(14-8-4-7-13(14)15(17)18)10-11-5-3-6-12(9-11)19-2/h3,5-6,9,13-14H,4,7-8,10H2,1-2H3,(H,17,18). The number of carboxylic acid groups (broad SMARTS) is 1. The fourth-order valence-corrected chi connectivity index (χ4v) is 2.93. The smallest absolute Gasteiger partial charge is 0.308 e. The molecule has 1 fully saturated rings. The lowest BCUT2D eigenvalue weighted by Gasteiger charge is -2.27. The molecule has 0 aromatic heterocycles. The van der Waals surface area contributed by atoms with Gasteiger partial charge in [-0.1, -0.05) is 18.6 Å². The molecule has 2 unspecified atom stereocenters. The van der Waals surface area contributed by atoms with E-state index in [0.29, 0.717) is 0 Å². The van der Waals surface area contributed by atoms with Crippen molar-refractivity contribution in [2.45, 2.75) is 31.8 Å². The molecule has 0 bridgehead atoms. The first kappa shape index (κ1) is 13.9. The number of benzene rings is 1. The zero-order valence-corrected chi connectivity index (χ0v) is 11.5. The van der Waals surface area contributed by atoms with Gasteiger partial charge in [-0.25, -0.2) is 0 Å². The molecule has 2 rings (SSSR count). The summed E-state index contributed by atoms with van der Waals surface area (Å²) in [5.41, 5.74) is 1.15. The lowest BCUT2D eigenvalue weighted by Crippen LogP contribution is -2.37. The van der Waals surface area contributed by atoms with E-state index in [1.807, 2.05) is 31.3 Å². The molecule has 0 spiro atoms. The van der Waals surface area contributed by atoms with E-state index in [1.54, 1.807) is 7.11 Å². The van der Waals surface area contributed by atoms with Crippen LogP contribution in [-0.2, 0) is 11.3 Å². The highest BCUT2D eigenvalue weighted by Gasteiger charge is 2.35. The van der Waals surface area contributed by atoms with Crippen molar-refractivity contribution in [3.63, 3.8) is 0 Å². The summed E-state index contributed by atoms with van der Waals surface area (Å²) < 4.78 is 5.21. The maximum atomic E-state index is 11.2. The van der Waals surface area contributed by atoms with Crippen molar-refractivity contribution in [3.05, 3.63) is 29.8 Å². The van der Waals surface area contributed by atoms with Gasteiger partial charge in [-0.3, -0.25) is 9.69 Å². The van der Waals surface area contributed by atoms with Crippen LogP contribution in [0.3, 0.4) is 0 Å². The number of carbonyl (C=O) groups is 1. The molecule has 1 saturated carbocycles. The Hall–Kier alpha value is -1.55. The van der Waals surface area contributed by atoms with E-state index in [0.717, 1.165) is 37.1 Å². The van der Waals surface area contributed by atoms with E-state index in [-0.39, 0.29) is 12.0 Å². The molecule has 1 aromatic rings. The van der Waals surface area contributed by atoms with Gasteiger partial charge < -0.3 is 9.84 Å². The average molecular weight is 263 g/mol. The average Bonchev–Trinajstić information content (AvgIpc) is 2.88. The number of aliphatic carboxylic acids is 1. The molecule has 0 heterocycles. The van der Waals surface area contributed by atoms with E-state index in [1.165, 1.54) is 0 Å². The summed E-state index contributed by atoms with van der Waals surface area (Å²) in [6.45, 7) is 0.756. The Morgan fingerprint density at radius 3 is 2.95 bits per heavy atom. The zero-order valence-electron chi connectivity index (χ0n) is 11.5. The van der Waals surface area contributed by atoms with Crippen molar-refractivity contribution in [3.8, 4) is 5.75 Å². The summed E-state index contributed by atoms with van der Waals surface area (Å²) >= 11 is 0. The number of methoxy groups -OCH3 is 1. The quantitative estimate of drug-likeness (QED) is 0.886. The molecule has 0 amide bonds. The summed E-state index contributed by atoms with van der Waals surface area (Å²) in [6, 6.07) is 8.07. The van der Waals surface area contributed by atoms with Gasteiger partial charge in [0.2, 0.25) is 0 Å². The second-order valence-electron chi connectivity index (χ2n) is 5.21. The lowest BCUT2D eigenvalue weighted by atomic mass is 10.0. The number of hydrogen-bond donors (Lipinski definition) is 1. The molecule has 1 N–H and O–H groups in total. The molecule has 19 heavy (non-hydrogen) atoms. The van der Waals surface area contributed by atoms with Crippen LogP contribution in [0.1, 0.15) is 24.8 Å². The van der Waals surface area contributed by atoms with Gasteiger partial charge in [0.25, 0.3) is 0 Å². The summed E-state index contributed by atoms with van der Waals surface area (Å²) in [4.78, 5) is 13.4. The molecule has 4 nitrogen and oxygen atoms in total. The Morgan fingerprint density at radius 2 is 2.26 bits per heavy atom. The number of hydrogen-bond acceptors (Lipinski definition) is 3. The van der Waals surface area contributed by atoms with Gasteiger partial charge >= 0.3 is 5.97 Å². The predicted molar refractivity (Wildman–Crippen MR) is 73.2 cm³/mol. The summed E-state index contributed by atoms with van der Waals surface area (Å²) in [6.07, 6.45) is 2.77. The van der Waals surface area contributed by atoms with Crippen LogP contribution in [0.4, 0.5) is 0 Å². The Balaban J connectivity index is 2.03. The SMILES string of the molecule is COc1cccc(CN(C)C2CCCC2C(=O)O)c1. The second kappa shape index (κ2) is 6.06. The number of rotatable bonds is 5. The van der Waals surface area contributed by atoms with Crippen LogP contribution in [0.5, 0.6) is 5.75 Å². The maximum Gasteiger partial charge on any atom is 0.308 e. The van der Waals surface area contributed by atoms with Gasteiger partial charge in [0.15, 0.2) is 0 Å². The molecule has 1 aromatic carbocycles. The fraction of sp³-hybridized carbons (Fsp3) is 0.533. The van der Waals surface area contributed by atoms with E-state index in [4.69, 9.17) is 4.74 Å². The predicted octanol–water partition coefficient (Wildman–Crippen LogP) is 2.38. The first-order valence-electron chi connectivity index (χ1n) is 6.68. The van der Waals surface area contributed by atoms with Crippen LogP contribution >= 0.6 is 0 Å². The molecular weight excluding hydrogens is 242 g/mol. The van der Waals surface area contributed by atoms with Gasteiger partial charge in [-0.05, 0) is 37.6 Å². The minimum Gasteiger partial charge on any atom is -0.497 e.